The van der Waals surface area contributed by atoms with E-state index in [1.807, 2.05) is 29.6 Å². The van der Waals surface area contributed by atoms with Crippen LogP contribution in [0.5, 0.6) is 0 Å². The van der Waals surface area contributed by atoms with Crippen molar-refractivity contribution in [3.8, 4) is 0 Å². The number of halogens is 1. The molecule has 0 radical (unpaired) electrons. The zero-order valence-electron chi connectivity index (χ0n) is 14.4. The minimum Gasteiger partial charge on any atom is -0.383 e. The van der Waals surface area contributed by atoms with Crippen LogP contribution >= 0.6 is 34.7 Å². The van der Waals surface area contributed by atoms with Crippen molar-refractivity contribution in [2.24, 2.45) is 0 Å². The second-order valence-electron chi connectivity index (χ2n) is 5.64. The first-order chi connectivity index (χ1) is 12.7. The fourth-order valence-corrected chi connectivity index (χ4v) is 4.30. The summed E-state index contributed by atoms with van der Waals surface area (Å²) in [7, 11) is 1.67. The number of amides is 1. The lowest BCUT2D eigenvalue weighted by Crippen LogP contribution is -2.27. The minimum atomic E-state index is 0.00920. The highest BCUT2D eigenvalue weighted by Crippen LogP contribution is 2.26. The topological polar surface area (TPSA) is 56.1 Å². The number of aromatic nitrogens is 2. The Morgan fingerprint density at radius 3 is 3.08 bits per heavy atom. The van der Waals surface area contributed by atoms with E-state index in [2.05, 4.69) is 20.9 Å². The second-order valence-corrected chi connectivity index (χ2v) is 8.05. The molecule has 0 unspecified atom stereocenters. The highest BCUT2D eigenvalue weighted by Gasteiger charge is 2.13. The lowest BCUT2D eigenvalue weighted by molar-refractivity contribution is -0.118. The first kappa shape index (κ1) is 19.2. The van der Waals surface area contributed by atoms with Gasteiger partial charge in [-0.05, 0) is 36.1 Å². The van der Waals surface area contributed by atoms with E-state index in [4.69, 9.17) is 16.3 Å². The van der Waals surface area contributed by atoms with E-state index in [0.717, 1.165) is 22.6 Å². The number of carbonyl (C=O) groups is 1. The zero-order chi connectivity index (χ0) is 18.4. The largest absolute Gasteiger partial charge is 0.383 e. The van der Waals surface area contributed by atoms with Crippen molar-refractivity contribution in [2.75, 3.05) is 26.0 Å². The van der Waals surface area contributed by atoms with Gasteiger partial charge in [0.1, 0.15) is 0 Å². The number of fused-ring (bicyclic) bond motifs is 1. The van der Waals surface area contributed by atoms with Gasteiger partial charge in [0, 0.05) is 30.1 Å². The number of hydrogen-bond acceptors (Lipinski definition) is 5. The summed E-state index contributed by atoms with van der Waals surface area (Å²) in [6.07, 6.45) is 0.860. The molecular weight excluding hydrogens is 390 g/mol. The molecule has 0 aliphatic heterocycles. The number of hydrogen-bond donors (Lipinski definition) is 1. The summed E-state index contributed by atoms with van der Waals surface area (Å²) >= 11 is 9.20. The lowest BCUT2D eigenvalue weighted by atomic mass is 10.3. The van der Waals surface area contributed by atoms with Crippen LogP contribution < -0.4 is 5.32 Å². The predicted molar refractivity (Wildman–Crippen MR) is 108 cm³/mol. The Morgan fingerprint density at radius 1 is 1.42 bits per heavy atom. The van der Waals surface area contributed by atoms with Crippen LogP contribution in [0.15, 0.2) is 40.9 Å². The van der Waals surface area contributed by atoms with Gasteiger partial charge in [0.2, 0.25) is 5.91 Å². The molecule has 1 amide bonds. The number of thioether (sulfide) groups is 1. The Morgan fingerprint density at radius 2 is 2.31 bits per heavy atom. The van der Waals surface area contributed by atoms with Gasteiger partial charge in [-0.25, -0.2) is 4.98 Å². The molecule has 5 nitrogen and oxygen atoms in total. The number of benzene rings is 1. The summed E-state index contributed by atoms with van der Waals surface area (Å²) in [5.74, 6) is 0.337. The average Bonchev–Trinajstić information content (AvgIpc) is 3.25. The van der Waals surface area contributed by atoms with Gasteiger partial charge in [-0.15, -0.1) is 11.3 Å². The SMILES string of the molecule is COCCn1c(SCC(=O)NCCc2cccs2)nc2cc(Cl)ccc21. The van der Waals surface area contributed by atoms with E-state index in [9.17, 15) is 4.79 Å². The van der Waals surface area contributed by atoms with Gasteiger partial charge >= 0.3 is 0 Å². The second kappa shape index (κ2) is 9.41. The molecule has 1 N–H and O–H groups in total. The van der Waals surface area contributed by atoms with Crippen LogP contribution in [0, 0.1) is 0 Å². The number of imidazole rings is 1. The predicted octanol–water partition coefficient (Wildman–Crippen LogP) is 3.85. The highest BCUT2D eigenvalue weighted by atomic mass is 35.5. The maximum Gasteiger partial charge on any atom is 0.230 e. The van der Waals surface area contributed by atoms with Crippen LogP contribution in [0.1, 0.15) is 4.88 Å². The minimum absolute atomic E-state index is 0.00920. The van der Waals surface area contributed by atoms with E-state index in [-0.39, 0.29) is 5.91 Å². The normalized spacial score (nSPS) is 11.2. The third kappa shape index (κ3) is 5.01. The average molecular weight is 410 g/mol. The zero-order valence-corrected chi connectivity index (χ0v) is 16.8. The van der Waals surface area contributed by atoms with Gasteiger partial charge in [0.15, 0.2) is 5.16 Å². The molecule has 2 heterocycles. The van der Waals surface area contributed by atoms with Gasteiger partial charge in [-0.1, -0.05) is 29.4 Å². The number of methoxy groups -OCH3 is 1. The van der Waals surface area contributed by atoms with Crippen LogP contribution in [0.25, 0.3) is 11.0 Å². The van der Waals surface area contributed by atoms with Crippen molar-refractivity contribution in [3.63, 3.8) is 0 Å². The van der Waals surface area contributed by atoms with Crippen molar-refractivity contribution >= 4 is 51.6 Å². The third-order valence-electron chi connectivity index (χ3n) is 3.80. The monoisotopic (exact) mass is 409 g/mol. The molecule has 26 heavy (non-hydrogen) atoms. The molecule has 0 aliphatic carbocycles. The van der Waals surface area contributed by atoms with Crippen LogP contribution in [0.2, 0.25) is 5.02 Å². The molecule has 0 spiro atoms. The molecule has 0 bridgehead atoms. The molecular formula is C18H20ClN3O2S2. The number of nitrogens with zero attached hydrogens (tertiary/aromatic N) is 2. The van der Waals surface area contributed by atoms with Crippen molar-refractivity contribution < 1.29 is 9.53 Å². The van der Waals surface area contributed by atoms with E-state index in [1.54, 1.807) is 18.4 Å². The summed E-state index contributed by atoms with van der Waals surface area (Å²) in [6.45, 7) is 1.90. The quantitative estimate of drug-likeness (QED) is 0.545. The Bertz CT molecular complexity index is 865. The summed E-state index contributed by atoms with van der Waals surface area (Å²) in [6, 6.07) is 9.74. The van der Waals surface area contributed by atoms with Crippen LogP contribution in [-0.2, 0) is 22.5 Å². The van der Waals surface area contributed by atoms with Gasteiger partial charge in [-0.2, -0.15) is 0 Å². The molecule has 8 heteroatoms. The highest BCUT2D eigenvalue weighted by molar-refractivity contribution is 7.99. The number of thiophene rings is 1. The Hall–Kier alpha value is -1.54. The van der Waals surface area contributed by atoms with Gasteiger partial charge in [0.05, 0.1) is 23.4 Å². The summed E-state index contributed by atoms with van der Waals surface area (Å²) in [5.41, 5.74) is 1.82. The van der Waals surface area contributed by atoms with Crippen molar-refractivity contribution in [3.05, 3.63) is 45.6 Å². The van der Waals surface area contributed by atoms with E-state index in [1.165, 1.54) is 16.6 Å². The Balaban J connectivity index is 1.60. The van der Waals surface area contributed by atoms with Gasteiger partial charge in [0.25, 0.3) is 0 Å². The molecule has 1 aromatic carbocycles. The first-order valence-corrected chi connectivity index (χ1v) is 10.5. The standard InChI is InChI=1S/C18H20ClN3O2S2/c1-24-9-8-22-16-5-4-13(19)11-15(16)21-18(22)26-12-17(23)20-7-6-14-3-2-10-25-14/h2-5,10-11H,6-9,12H2,1H3,(H,20,23). The Labute approximate surface area is 165 Å². The van der Waals surface area contributed by atoms with Crippen LogP contribution in [0.4, 0.5) is 0 Å². The summed E-state index contributed by atoms with van der Waals surface area (Å²) < 4.78 is 7.26. The molecule has 0 saturated heterocycles. The van der Waals surface area contributed by atoms with E-state index >= 15 is 0 Å². The smallest absolute Gasteiger partial charge is 0.230 e. The molecule has 0 aliphatic rings. The number of nitrogens with one attached hydrogen (secondary N) is 1. The fourth-order valence-electron chi connectivity index (χ4n) is 2.55. The van der Waals surface area contributed by atoms with Crippen molar-refractivity contribution in [1.82, 2.24) is 14.9 Å². The molecule has 0 saturated carbocycles. The molecule has 3 rings (SSSR count). The van der Waals surface area contributed by atoms with E-state index < -0.39 is 0 Å². The maximum atomic E-state index is 12.1. The van der Waals surface area contributed by atoms with E-state index in [0.29, 0.717) is 30.5 Å². The van der Waals surface area contributed by atoms with Gasteiger partial charge < -0.3 is 14.6 Å². The molecule has 2 aromatic heterocycles. The Kier molecular flexibility index (Phi) is 6.96. The van der Waals surface area contributed by atoms with Crippen LogP contribution in [0.3, 0.4) is 0 Å². The molecule has 0 fully saturated rings. The molecule has 3 aromatic rings. The van der Waals surface area contributed by atoms with Crippen LogP contribution in [-0.4, -0.2) is 41.5 Å². The number of rotatable bonds is 9. The summed E-state index contributed by atoms with van der Waals surface area (Å²) in [5, 5.41) is 6.45. The fraction of sp³-hybridized carbons (Fsp3) is 0.333. The summed E-state index contributed by atoms with van der Waals surface area (Å²) in [4.78, 5) is 18.0. The first-order valence-electron chi connectivity index (χ1n) is 8.24. The number of carbonyl (C=O) groups excluding carboxylic acids is 1. The van der Waals surface area contributed by atoms with Crippen molar-refractivity contribution in [1.29, 1.82) is 0 Å². The lowest BCUT2D eigenvalue weighted by Gasteiger charge is -2.08. The molecule has 138 valence electrons. The number of ether oxygens (including phenoxy) is 1. The maximum absolute atomic E-state index is 12.1. The molecule has 0 atom stereocenters. The third-order valence-corrected chi connectivity index (χ3v) is 5.95. The van der Waals surface area contributed by atoms with Gasteiger partial charge in [-0.3, -0.25) is 4.79 Å². The van der Waals surface area contributed by atoms with Crippen molar-refractivity contribution in [2.45, 2.75) is 18.1 Å².